The summed E-state index contributed by atoms with van der Waals surface area (Å²) in [6.07, 6.45) is -0.491. The molecule has 13 heavy (non-hydrogen) atoms. The number of carboxylic acids is 1. The van der Waals surface area contributed by atoms with E-state index in [0.717, 1.165) is 0 Å². The minimum atomic E-state index is -1.78. The van der Waals surface area contributed by atoms with Crippen molar-refractivity contribution in [2.75, 3.05) is 0 Å². The van der Waals surface area contributed by atoms with Crippen LogP contribution in [-0.2, 0) is 9.22 Å². The SMILES string of the molecule is CC#CCC(O[Si](C)(C)C)C(=O)O. The van der Waals surface area contributed by atoms with Crippen molar-refractivity contribution in [2.45, 2.75) is 39.1 Å². The molecule has 0 saturated carbocycles. The molecule has 0 radical (unpaired) electrons. The standard InChI is InChI=1S/C9H16O3Si/c1-5-6-7-8(9(10)11)12-13(2,3)4/h8H,7H2,1-4H3,(H,10,11). The van der Waals surface area contributed by atoms with Gasteiger partial charge in [-0.15, -0.1) is 11.8 Å². The summed E-state index contributed by atoms with van der Waals surface area (Å²) in [5.74, 6) is 4.45. The maximum Gasteiger partial charge on any atom is 0.332 e. The molecule has 0 aromatic heterocycles. The van der Waals surface area contributed by atoms with Gasteiger partial charge in [-0.25, -0.2) is 4.79 Å². The third kappa shape index (κ3) is 6.38. The molecule has 0 aromatic carbocycles. The summed E-state index contributed by atoms with van der Waals surface area (Å²) in [5.41, 5.74) is 0. The lowest BCUT2D eigenvalue weighted by Gasteiger charge is -2.21. The molecule has 0 heterocycles. The van der Waals surface area contributed by atoms with Gasteiger partial charge in [0.2, 0.25) is 0 Å². The van der Waals surface area contributed by atoms with E-state index in [1.807, 2.05) is 19.6 Å². The van der Waals surface area contributed by atoms with E-state index in [1.54, 1.807) is 6.92 Å². The Morgan fingerprint density at radius 2 is 2.08 bits per heavy atom. The Kier molecular flexibility index (Phi) is 4.74. The summed E-state index contributed by atoms with van der Waals surface area (Å²) in [5, 5.41) is 8.79. The van der Waals surface area contributed by atoms with Crippen LogP contribution in [0.25, 0.3) is 0 Å². The minimum absolute atomic E-state index is 0.274. The van der Waals surface area contributed by atoms with E-state index in [4.69, 9.17) is 9.53 Å². The monoisotopic (exact) mass is 200 g/mol. The van der Waals surface area contributed by atoms with Gasteiger partial charge in [-0.1, -0.05) is 0 Å². The van der Waals surface area contributed by atoms with Gasteiger partial charge in [0.25, 0.3) is 0 Å². The number of carboxylic acid groups (broad SMARTS) is 1. The first kappa shape index (κ1) is 12.2. The van der Waals surface area contributed by atoms with E-state index in [0.29, 0.717) is 0 Å². The second kappa shape index (κ2) is 5.05. The Balaban J connectivity index is 4.24. The van der Waals surface area contributed by atoms with Crippen LogP contribution in [0.4, 0.5) is 0 Å². The van der Waals surface area contributed by atoms with Gasteiger partial charge >= 0.3 is 5.97 Å². The van der Waals surface area contributed by atoms with Crippen molar-refractivity contribution >= 4 is 14.3 Å². The van der Waals surface area contributed by atoms with E-state index >= 15 is 0 Å². The zero-order chi connectivity index (χ0) is 10.5. The Morgan fingerprint density at radius 3 is 2.38 bits per heavy atom. The van der Waals surface area contributed by atoms with Crippen LogP contribution in [-0.4, -0.2) is 25.5 Å². The fourth-order valence-electron chi connectivity index (χ4n) is 0.801. The molecule has 1 N–H and O–H groups in total. The van der Waals surface area contributed by atoms with Crippen molar-refractivity contribution in [3.63, 3.8) is 0 Å². The maximum atomic E-state index is 10.7. The summed E-state index contributed by atoms with van der Waals surface area (Å²) >= 11 is 0. The van der Waals surface area contributed by atoms with E-state index in [9.17, 15) is 4.79 Å². The van der Waals surface area contributed by atoms with Crippen LogP contribution >= 0.6 is 0 Å². The molecule has 74 valence electrons. The van der Waals surface area contributed by atoms with Crippen molar-refractivity contribution < 1.29 is 14.3 Å². The summed E-state index contributed by atoms with van der Waals surface area (Å²) in [6, 6.07) is 0. The Morgan fingerprint density at radius 1 is 1.54 bits per heavy atom. The highest BCUT2D eigenvalue weighted by molar-refractivity contribution is 6.69. The molecule has 3 nitrogen and oxygen atoms in total. The van der Waals surface area contributed by atoms with Gasteiger partial charge in [-0.05, 0) is 26.6 Å². The molecule has 0 aromatic rings. The van der Waals surface area contributed by atoms with Crippen LogP contribution < -0.4 is 0 Å². The van der Waals surface area contributed by atoms with Gasteiger partial charge in [0.1, 0.15) is 0 Å². The number of hydrogen-bond acceptors (Lipinski definition) is 2. The van der Waals surface area contributed by atoms with Crippen LogP contribution in [0.2, 0.25) is 19.6 Å². The fourth-order valence-corrected chi connectivity index (χ4v) is 1.84. The molecule has 0 amide bonds. The van der Waals surface area contributed by atoms with Crippen LogP contribution in [0.5, 0.6) is 0 Å². The summed E-state index contributed by atoms with van der Waals surface area (Å²) in [7, 11) is -1.78. The van der Waals surface area contributed by atoms with Crippen molar-refractivity contribution in [3.8, 4) is 11.8 Å². The van der Waals surface area contributed by atoms with E-state index in [1.165, 1.54) is 0 Å². The zero-order valence-corrected chi connectivity index (χ0v) is 9.55. The largest absolute Gasteiger partial charge is 0.479 e. The maximum absolute atomic E-state index is 10.7. The minimum Gasteiger partial charge on any atom is -0.479 e. The molecule has 0 aliphatic heterocycles. The second-order valence-corrected chi connectivity index (χ2v) is 8.15. The van der Waals surface area contributed by atoms with Crippen molar-refractivity contribution in [3.05, 3.63) is 0 Å². The molecule has 0 bridgehead atoms. The lowest BCUT2D eigenvalue weighted by molar-refractivity contribution is -0.145. The third-order valence-electron chi connectivity index (χ3n) is 1.24. The van der Waals surface area contributed by atoms with Crippen LogP contribution in [0.15, 0.2) is 0 Å². The average molecular weight is 200 g/mol. The molecular formula is C9H16O3Si. The molecule has 0 aliphatic carbocycles. The molecule has 1 atom stereocenters. The highest BCUT2D eigenvalue weighted by Crippen LogP contribution is 2.09. The first-order chi connectivity index (χ1) is 5.87. The first-order valence-corrected chi connectivity index (χ1v) is 7.58. The fraction of sp³-hybridized carbons (Fsp3) is 0.667. The highest BCUT2D eigenvalue weighted by atomic mass is 28.4. The lowest BCUT2D eigenvalue weighted by atomic mass is 10.3. The van der Waals surface area contributed by atoms with Gasteiger partial charge in [0, 0.05) is 6.42 Å². The van der Waals surface area contributed by atoms with Gasteiger partial charge in [-0.2, -0.15) is 0 Å². The molecule has 0 saturated heterocycles. The predicted molar refractivity (Wildman–Crippen MR) is 53.9 cm³/mol. The lowest BCUT2D eigenvalue weighted by Crippen LogP contribution is -2.36. The molecular weight excluding hydrogens is 184 g/mol. The van der Waals surface area contributed by atoms with Crippen LogP contribution in [0.1, 0.15) is 13.3 Å². The number of carbonyl (C=O) groups is 1. The van der Waals surface area contributed by atoms with Crippen molar-refractivity contribution in [1.82, 2.24) is 0 Å². The number of aliphatic carboxylic acids is 1. The number of rotatable bonds is 4. The quantitative estimate of drug-likeness (QED) is 0.555. The highest BCUT2D eigenvalue weighted by Gasteiger charge is 2.25. The van der Waals surface area contributed by atoms with E-state index in [2.05, 4.69) is 11.8 Å². The first-order valence-electron chi connectivity index (χ1n) is 4.17. The molecule has 0 aliphatic rings. The van der Waals surface area contributed by atoms with Gasteiger partial charge in [-0.3, -0.25) is 0 Å². The molecule has 4 heteroatoms. The van der Waals surface area contributed by atoms with Gasteiger partial charge in [0.15, 0.2) is 14.4 Å². The molecule has 1 unspecified atom stereocenters. The van der Waals surface area contributed by atoms with Gasteiger partial charge < -0.3 is 9.53 Å². The average Bonchev–Trinajstić information content (AvgIpc) is 1.95. The van der Waals surface area contributed by atoms with Crippen LogP contribution in [0, 0.1) is 11.8 Å². The third-order valence-corrected chi connectivity index (χ3v) is 2.23. The van der Waals surface area contributed by atoms with Gasteiger partial charge in [0.05, 0.1) is 0 Å². The normalized spacial score (nSPS) is 12.9. The predicted octanol–water partition coefficient (Wildman–Crippen LogP) is 1.70. The Labute approximate surface area is 80.2 Å². The smallest absolute Gasteiger partial charge is 0.332 e. The topological polar surface area (TPSA) is 46.5 Å². The van der Waals surface area contributed by atoms with Crippen molar-refractivity contribution in [2.24, 2.45) is 0 Å². The summed E-state index contributed by atoms with van der Waals surface area (Å²) in [4.78, 5) is 10.7. The van der Waals surface area contributed by atoms with Crippen LogP contribution in [0.3, 0.4) is 0 Å². The number of hydrogen-bond donors (Lipinski definition) is 1. The zero-order valence-electron chi connectivity index (χ0n) is 8.55. The molecule has 0 fully saturated rings. The summed E-state index contributed by atoms with van der Waals surface area (Å²) < 4.78 is 5.44. The van der Waals surface area contributed by atoms with E-state index < -0.39 is 20.4 Å². The second-order valence-electron chi connectivity index (χ2n) is 3.69. The Hall–Kier alpha value is -0.793. The Bertz CT molecular complexity index is 231. The molecule has 0 spiro atoms. The summed E-state index contributed by atoms with van der Waals surface area (Å²) in [6.45, 7) is 7.57. The van der Waals surface area contributed by atoms with E-state index in [-0.39, 0.29) is 6.42 Å². The van der Waals surface area contributed by atoms with Crippen molar-refractivity contribution in [1.29, 1.82) is 0 Å². The molecule has 0 rings (SSSR count).